The van der Waals surface area contributed by atoms with Gasteiger partial charge in [0.15, 0.2) is 0 Å². The zero-order valence-corrected chi connectivity index (χ0v) is 13.1. The summed E-state index contributed by atoms with van der Waals surface area (Å²) in [4.78, 5) is 14.2. The van der Waals surface area contributed by atoms with Crippen molar-refractivity contribution in [2.24, 2.45) is 0 Å². The number of halogens is 1. The molecule has 1 N–H and O–H groups in total. The monoisotopic (exact) mass is 342 g/mol. The highest BCUT2D eigenvalue weighted by atomic mass is 79.9. The van der Waals surface area contributed by atoms with E-state index in [2.05, 4.69) is 21.2 Å². The summed E-state index contributed by atoms with van der Waals surface area (Å²) in [6.45, 7) is 0. The van der Waals surface area contributed by atoms with Gasteiger partial charge in [0.2, 0.25) is 0 Å². The van der Waals surface area contributed by atoms with Crippen molar-refractivity contribution in [2.75, 3.05) is 19.0 Å². The van der Waals surface area contributed by atoms with Gasteiger partial charge in [-0.05, 0) is 39.7 Å². The van der Waals surface area contributed by atoms with E-state index in [0.29, 0.717) is 9.23 Å². The van der Waals surface area contributed by atoms with Gasteiger partial charge in [0.1, 0.15) is 4.32 Å². The van der Waals surface area contributed by atoms with Crippen LogP contribution >= 0.6 is 39.9 Å². The number of carbonyl (C=O) groups excluding carboxylic acids is 1. The Hall–Kier alpha value is -0.850. The van der Waals surface area contributed by atoms with Crippen LogP contribution in [0.15, 0.2) is 27.6 Å². The molecule has 1 saturated heterocycles. The van der Waals surface area contributed by atoms with Crippen LogP contribution in [0.3, 0.4) is 0 Å². The molecule has 2 rings (SSSR count). The predicted octanol–water partition coefficient (Wildman–Crippen LogP) is 3.00. The molecule has 0 saturated carbocycles. The van der Waals surface area contributed by atoms with Gasteiger partial charge < -0.3 is 10.2 Å². The summed E-state index contributed by atoms with van der Waals surface area (Å²) in [5, 5.41) is 2.60. The number of carbonyl (C=O) groups is 1. The number of hydrogen-bond donors (Lipinski definition) is 1. The quantitative estimate of drug-likeness (QED) is 0.661. The van der Waals surface area contributed by atoms with Gasteiger partial charge in [0.25, 0.3) is 5.91 Å². The fourth-order valence-corrected chi connectivity index (χ4v) is 3.34. The van der Waals surface area contributed by atoms with Crippen molar-refractivity contribution in [3.8, 4) is 0 Å². The Balaban J connectivity index is 2.31. The van der Waals surface area contributed by atoms with Crippen LogP contribution in [-0.4, -0.2) is 24.3 Å². The highest BCUT2D eigenvalue weighted by Gasteiger charge is 2.21. The van der Waals surface area contributed by atoms with Crippen LogP contribution in [0, 0.1) is 0 Å². The van der Waals surface area contributed by atoms with E-state index < -0.39 is 0 Å². The smallest absolute Gasteiger partial charge is 0.263 e. The maximum Gasteiger partial charge on any atom is 0.263 e. The van der Waals surface area contributed by atoms with E-state index in [-0.39, 0.29) is 5.91 Å². The van der Waals surface area contributed by atoms with Gasteiger partial charge in [-0.2, -0.15) is 0 Å². The number of nitrogens with zero attached hydrogens (tertiary/aromatic N) is 1. The molecule has 18 heavy (non-hydrogen) atoms. The molecule has 0 spiro atoms. The average Bonchev–Trinajstić information content (AvgIpc) is 2.57. The van der Waals surface area contributed by atoms with Crippen molar-refractivity contribution in [1.29, 1.82) is 0 Å². The molecule has 0 unspecified atom stereocenters. The van der Waals surface area contributed by atoms with Gasteiger partial charge in [0.05, 0.1) is 10.6 Å². The van der Waals surface area contributed by atoms with Crippen LogP contribution in [-0.2, 0) is 4.79 Å². The normalized spacial score (nSPS) is 17.2. The predicted molar refractivity (Wildman–Crippen MR) is 84.8 cm³/mol. The minimum absolute atomic E-state index is 0.127. The van der Waals surface area contributed by atoms with Crippen molar-refractivity contribution in [1.82, 2.24) is 5.32 Å². The molecule has 0 aliphatic carbocycles. The van der Waals surface area contributed by atoms with Crippen LogP contribution in [0.1, 0.15) is 5.56 Å². The zero-order chi connectivity index (χ0) is 13.3. The number of hydrogen-bond acceptors (Lipinski definition) is 4. The lowest BCUT2D eigenvalue weighted by molar-refractivity contribution is -0.115. The van der Waals surface area contributed by atoms with Crippen LogP contribution in [0.5, 0.6) is 0 Å². The molecule has 1 aromatic rings. The molecule has 0 aromatic heterocycles. The Morgan fingerprint density at radius 3 is 2.67 bits per heavy atom. The summed E-state index contributed by atoms with van der Waals surface area (Å²) in [7, 11) is 3.97. The molecule has 6 heteroatoms. The van der Waals surface area contributed by atoms with E-state index in [1.54, 1.807) is 0 Å². The van der Waals surface area contributed by atoms with Crippen LogP contribution in [0.25, 0.3) is 6.08 Å². The van der Waals surface area contributed by atoms with Gasteiger partial charge >= 0.3 is 0 Å². The van der Waals surface area contributed by atoms with E-state index in [1.807, 2.05) is 43.3 Å². The first-order valence-corrected chi connectivity index (χ1v) is 7.21. The molecule has 0 radical (unpaired) electrons. The van der Waals surface area contributed by atoms with E-state index in [4.69, 9.17) is 12.2 Å². The van der Waals surface area contributed by atoms with E-state index in [1.165, 1.54) is 11.8 Å². The van der Waals surface area contributed by atoms with Crippen molar-refractivity contribution in [3.05, 3.63) is 33.1 Å². The van der Waals surface area contributed by atoms with Gasteiger partial charge in [-0.1, -0.05) is 30.0 Å². The SMILES string of the molecule is CN(C)c1ccc(/C=C2\SC(=S)NC2=O)cc1Br. The molecule has 0 bridgehead atoms. The molecule has 1 aromatic carbocycles. The number of thiocarbonyl (C=S) groups is 1. The van der Waals surface area contributed by atoms with Gasteiger partial charge in [-0.15, -0.1) is 0 Å². The van der Waals surface area contributed by atoms with E-state index in [0.717, 1.165) is 15.7 Å². The van der Waals surface area contributed by atoms with Gasteiger partial charge in [-0.25, -0.2) is 0 Å². The van der Waals surface area contributed by atoms with Crippen LogP contribution < -0.4 is 10.2 Å². The first kappa shape index (κ1) is 13.6. The van der Waals surface area contributed by atoms with Crippen molar-refractivity contribution < 1.29 is 4.79 Å². The summed E-state index contributed by atoms with van der Waals surface area (Å²) in [6, 6.07) is 5.96. The first-order valence-electron chi connectivity index (χ1n) is 5.19. The fraction of sp³-hybridized carbons (Fsp3) is 0.167. The maximum absolute atomic E-state index is 11.5. The van der Waals surface area contributed by atoms with E-state index >= 15 is 0 Å². The highest BCUT2D eigenvalue weighted by Crippen LogP contribution is 2.29. The lowest BCUT2D eigenvalue weighted by Gasteiger charge is -2.14. The molecule has 0 atom stereocenters. The summed E-state index contributed by atoms with van der Waals surface area (Å²) < 4.78 is 1.50. The third-order valence-corrected chi connectivity index (χ3v) is 4.19. The van der Waals surface area contributed by atoms with Gasteiger partial charge in [0, 0.05) is 18.6 Å². The number of rotatable bonds is 2. The minimum atomic E-state index is -0.127. The van der Waals surface area contributed by atoms with Crippen molar-refractivity contribution >= 4 is 61.9 Å². The molecule has 1 aliphatic heterocycles. The summed E-state index contributed by atoms with van der Waals surface area (Å²) in [5.74, 6) is -0.127. The van der Waals surface area contributed by atoms with E-state index in [9.17, 15) is 4.79 Å². The molecule has 1 heterocycles. The third-order valence-electron chi connectivity index (χ3n) is 2.39. The third kappa shape index (κ3) is 2.93. The number of nitrogens with one attached hydrogen (secondary N) is 1. The Bertz CT molecular complexity index is 555. The largest absolute Gasteiger partial charge is 0.377 e. The van der Waals surface area contributed by atoms with Gasteiger partial charge in [-0.3, -0.25) is 4.79 Å². The Morgan fingerprint density at radius 1 is 1.44 bits per heavy atom. The number of thioether (sulfide) groups is 1. The zero-order valence-electron chi connectivity index (χ0n) is 9.86. The second-order valence-electron chi connectivity index (χ2n) is 3.96. The van der Waals surface area contributed by atoms with Crippen molar-refractivity contribution in [2.45, 2.75) is 0 Å². The Morgan fingerprint density at radius 2 is 2.17 bits per heavy atom. The molecule has 1 aliphatic rings. The summed E-state index contributed by atoms with van der Waals surface area (Å²) in [5.41, 5.74) is 2.06. The number of amides is 1. The van der Waals surface area contributed by atoms with Crippen LogP contribution in [0.4, 0.5) is 5.69 Å². The molecule has 1 amide bonds. The summed E-state index contributed by atoms with van der Waals surface area (Å²) >= 11 is 9.76. The number of benzene rings is 1. The number of anilines is 1. The summed E-state index contributed by atoms with van der Waals surface area (Å²) in [6.07, 6.45) is 1.84. The second kappa shape index (κ2) is 5.42. The topological polar surface area (TPSA) is 32.3 Å². The first-order chi connectivity index (χ1) is 8.47. The molecular weight excluding hydrogens is 332 g/mol. The lowest BCUT2D eigenvalue weighted by Crippen LogP contribution is -2.17. The highest BCUT2D eigenvalue weighted by molar-refractivity contribution is 9.10. The molecule has 1 fully saturated rings. The standard InChI is InChI=1S/C12H11BrN2OS2/c1-15(2)9-4-3-7(5-8(9)13)6-10-11(16)14-12(17)18-10/h3-6H,1-2H3,(H,14,16,17)/b10-6-. The fourth-order valence-electron chi connectivity index (χ4n) is 1.55. The average molecular weight is 343 g/mol. The van der Waals surface area contributed by atoms with Crippen molar-refractivity contribution in [3.63, 3.8) is 0 Å². The molecular formula is C12H11BrN2OS2. The molecule has 3 nitrogen and oxygen atoms in total. The Labute approximate surface area is 124 Å². The molecule has 94 valence electrons. The minimum Gasteiger partial charge on any atom is -0.377 e. The van der Waals surface area contributed by atoms with Crippen LogP contribution in [0.2, 0.25) is 0 Å². The maximum atomic E-state index is 11.5. The lowest BCUT2D eigenvalue weighted by atomic mass is 10.2. The second-order valence-corrected chi connectivity index (χ2v) is 6.53. The Kier molecular flexibility index (Phi) is 4.09.